The monoisotopic (exact) mass is 569 g/mol. The van der Waals surface area contributed by atoms with Crippen LogP contribution < -0.4 is 16.0 Å². The van der Waals surface area contributed by atoms with Crippen LogP contribution in [0.3, 0.4) is 0 Å². The zero-order chi connectivity index (χ0) is 27.2. The molecule has 9 nitrogen and oxygen atoms in total. The number of hydrogen-bond donors (Lipinski definition) is 2. The fraction of sp³-hybridized carbons (Fsp3) is 0.375. The van der Waals surface area contributed by atoms with Crippen molar-refractivity contribution in [2.45, 2.75) is 55.1 Å². The molecule has 0 spiro atoms. The molecule has 5 rings (SSSR count). The van der Waals surface area contributed by atoms with Crippen molar-refractivity contribution < 1.29 is 30.8 Å². The topological polar surface area (TPSA) is 131 Å². The summed E-state index contributed by atoms with van der Waals surface area (Å²) in [5, 5.41) is 10.8. The minimum atomic E-state index is -4.14. The van der Waals surface area contributed by atoms with Gasteiger partial charge in [-0.2, -0.15) is 0 Å². The van der Waals surface area contributed by atoms with Gasteiger partial charge in [0.15, 0.2) is 9.84 Å². The number of fused-ring (bicyclic) bond motifs is 1. The lowest BCUT2D eigenvalue weighted by Gasteiger charge is -2.28. The van der Waals surface area contributed by atoms with Gasteiger partial charge >= 0.3 is 6.01 Å². The van der Waals surface area contributed by atoms with Crippen LogP contribution in [0.2, 0.25) is 5.02 Å². The Kier molecular flexibility index (Phi) is 6.86. The summed E-state index contributed by atoms with van der Waals surface area (Å²) >= 11 is 5.95. The van der Waals surface area contributed by atoms with Crippen LogP contribution in [0.25, 0.3) is 11.5 Å². The number of nitrogens with two attached hydrogens (primary N) is 1. The van der Waals surface area contributed by atoms with Crippen LogP contribution in [0.1, 0.15) is 31.2 Å². The second-order valence-corrected chi connectivity index (χ2v) is 11.9. The third-order valence-electron chi connectivity index (χ3n) is 6.53. The maximum absolute atomic E-state index is 15.2. The Hall–Kier alpha value is -3.16. The van der Waals surface area contributed by atoms with Crippen molar-refractivity contribution in [1.29, 1.82) is 0 Å². The predicted octanol–water partition coefficient (Wildman–Crippen LogP) is 4.17. The summed E-state index contributed by atoms with van der Waals surface area (Å²) < 4.78 is 74.3. The van der Waals surface area contributed by atoms with Gasteiger partial charge < -0.3 is 20.4 Å². The molecule has 1 aromatic heterocycles. The summed E-state index contributed by atoms with van der Waals surface area (Å²) in [5.74, 6) is -5.49. The largest absolute Gasteiger partial charge is 0.403 e. The molecular formula is C24H23ClF3N5O4S. The number of nitrogens with zero attached hydrogens (tertiary/aromatic N) is 3. The van der Waals surface area contributed by atoms with E-state index in [1.165, 1.54) is 0 Å². The normalized spacial score (nSPS) is 22.6. The minimum absolute atomic E-state index is 0.0656. The van der Waals surface area contributed by atoms with Crippen molar-refractivity contribution in [1.82, 2.24) is 10.2 Å². The first kappa shape index (κ1) is 26.4. The van der Waals surface area contributed by atoms with Crippen LogP contribution in [0.5, 0.6) is 0 Å². The minimum Gasteiger partial charge on any atom is -0.403 e. The molecule has 2 heterocycles. The molecule has 3 N–H and O–H groups in total. The van der Waals surface area contributed by atoms with Gasteiger partial charge in [0.25, 0.3) is 5.89 Å². The SMILES string of the molecule is N[C@H]1CS(=O)(=O)c2cc(F)c(-c3nnc(NC4CCCC(F)(F)C4)o3)cc2N(Cc2ccc(Cl)cc2)C1=O. The van der Waals surface area contributed by atoms with Crippen LogP contribution in [0.4, 0.5) is 24.9 Å². The number of aromatic nitrogens is 2. The number of benzene rings is 2. The van der Waals surface area contributed by atoms with Gasteiger partial charge in [0, 0.05) is 23.9 Å². The molecule has 2 atom stereocenters. The maximum Gasteiger partial charge on any atom is 0.315 e. The fourth-order valence-corrected chi connectivity index (χ4v) is 6.37. The molecule has 1 saturated carbocycles. The number of nitrogens with one attached hydrogen (secondary N) is 1. The van der Waals surface area contributed by atoms with Gasteiger partial charge in [-0.3, -0.25) is 4.79 Å². The van der Waals surface area contributed by atoms with Gasteiger partial charge in [-0.15, -0.1) is 5.10 Å². The van der Waals surface area contributed by atoms with Gasteiger partial charge in [0.05, 0.1) is 34.5 Å². The van der Waals surface area contributed by atoms with Crippen molar-refractivity contribution in [3.63, 3.8) is 0 Å². The number of carbonyl (C=O) groups excluding carboxylic acids is 1. The quantitative estimate of drug-likeness (QED) is 0.468. The first-order valence-electron chi connectivity index (χ1n) is 11.8. The van der Waals surface area contributed by atoms with E-state index in [9.17, 15) is 22.0 Å². The highest BCUT2D eigenvalue weighted by Gasteiger charge is 2.38. The lowest BCUT2D eigenvalue weighted by Crippen LogP contribution is -2.45. The van der Waals surface area contributed by atoms with Crippen LogP contribution in [0, 0.1) is 5.82 Å². The highest BCUT2D eigenvalue weighted by Crippen LogP contribution is 2.38. The Labute approximate surface area is 221 Å². The number of sulfone groups is 1. The van der Waals surface area contributed by atoms with Crippen LogP contribution in [0.15, 0.2) is 45.7 Å². The van der Waals surface area contributed by atoms with Gasteiger partial charge in [0.2, 0.25) is 11.8 Å². The van der Waals surface area contributed by atoms with Crippen molar-refractivity contribution in [3.05, 3.63) is 52.8 Å². The Bertz CT molecular complexity index is 1480. The van der Waals surface area contributed by atoms with E-state index in [-0.39, 0.29) is 36.1 Å². The molecular weight excluding hydrogens is 547 g/mol. The van der Waals surface area contributed by atoms with E-state index in [1.54, 1.807) is 24.3 Å². The molecule has 1 aliphatic carbocycles. The summed E-state index contributed by atoms with van der Waals surface area (Å²) in [6.45, 7) is -0.0656. The van der Waals surface area contributed by atoms with E-state index < -0.39 is 56.6 Å². The number of carbonyl (C=O) groups is 1. The smallest absolute Gasteiger partial charge is 0.315 e. The van der Waals surface area contributed by atoms with E-state index >= 15 is 4.39 Å². The van der Waals surface area contributed by atoms with Crippen molar-refractivity contribution in [2.24, 2.45) is 5.73 Å². The lowest BCUT2D eigenvalue weighted by atomic mass is 9.92. The van der Waals surface area contributed by atoms with Crippen molar-refractivity contribution in [3.8, 4) is 11.5 Å². The molecule has 0 saturated heterocycles. The van der Waals surface area contributed by atoms with E-state index in [0.29, 0.717) is 23.4 Å². The summed E-state index contributed by atoms with van der Waals surface area (Å²) in [6, 6.07) is 6.32. The number of hydrogen-bond acceptors (Lipinski definition) is 8. The molecule has 1 unspecified atom stereocenters. The Morgan fingerprint density at radius 3 is 2.66 bits per heavy atom. The Morgan fingerprint density at radius 1 is 1.21 bits per heavy atom. The molecule has 3 aromatic rings. The van der Waals surface area contributed by atoms with Gasteiger partial charge in [-0.05, 0) is 42.7 Å². The first-order chi connectivity index (χ1) is 17.9. The second kappa shape index (κ2) is 9.86. The predicted molar refractivity (Wildman–Crippen MR) is 133 cm³/mol. The molecule has 38 heavy (non-hydrogen) atoms. The van der Waals surface area contributed by atoms with Crippen LogP contribution >= 0.6 is 11.6 Å². The molecule has 2 aliphatic rings. The van der Waals surface area contributed by atoms with E-state index in [4.69, 9.17) is 21.8 Å². The first-order valence-corrected chi connectivity index (χ1v) is 13.8. The van der Waals surface area contributed by atoms with Gasteiger partial charge in [-0.25, -0.2) is 21.6 Å². The van der Waals surface area contributed by atoms with Crippen LogP contribution in [-0.4, -0.2) is 48.3 Å². The third kappa shape index (κ3) is 5.36. The maximum atomic E-state index is 15.2. The van der Waals surface area contributed by atoms with E-state index in [0.717, 1.165) is 17.0 Å². The molecule has 2 aromatic carbocycles. The molecule has 202 valence electrons. The van der Waals surface area contributed by atoms with Gasteiger partial charge in [0.1, 0.15) is 5.82 Å². The molecule has 1 aliphatic heterocycles. The highest BCUT2D eigenvalue weighted by molar-refractivity contribution is 7.91. The molecule has 14 heteroatoms. The summed E-state index contributed by atoms with van der Waals surface area (Å²) in [5.41, 5.74) is 6.17. The standard InChI is InChI=1S/C24H23ClF3N5O4S/c25-14-5-3-13(4-6-14)11-33-19-8-16(17(26)9-20(19)38(35,36)12-18(29)22(33)34)21-31-32-23(37-21)30-15-2-1-7-24(27,28)10-15/h3-6,8-9,15,18H,1-2,7,10-12,29H2,(H,30,32)/t15?,18-/m0/s1. The number of rotatable bonds is 5. The summed E-state index contributed by atoms with van der Waals surface area (Å²) in [6.07, 6.45) is 0.190. The second-order valence-electron chi connectivity index (χ2n) is 9.44. The molecule has 1 amide bonds. The average Bonchev–Trinajstić information content (AvgIpc) is 3.28. The number of alkyl halides is 2. The summed E-state index contributed by atoms with van der Waals surface area (Å²) in [7, 11) is -4.14. The third-order valence-corrected chi connectivity index (χ3v) is 8.58. The zero-order valence-electron chi connectivity index (χ0n) is 19.8. The highest BCUT2D eigenvalue weighted by atomic mass is 35.5. The number of halogens is 4. The van der Waals surface area contributed by atoms with E-state index in [1.807, 2.05) is 0 Å². The summed E-state index contributed by atoms with van der Waals surface area (Å²) in [4.78, 5) is 13.9. The molecule has 0 radical (unpaired) electrons. The average molecular weight is 570 g/mol. The van der Waals surface area contributed by atoms with Gasteiger partial charge in [-0.1, -0.05) is 28.8 Å². The Morgan fingerprint density at radius 2 is 1.95 bits per heavy atom. The lowest BCUT2D eigenvalue weighted by molar-refractivity contribution is -0.119. The Balaban J connectivity index is 1.52. The molecule has 0 bridgehead atoms. The molecule has 1 fully saturated rings. The van der Waals surface area contributed by atoms with E-state index in [2.05, 4.69) is 15.5 Å². The number of anilines is 2. The van der Waals surface area contributed by atoms with Crippen LogP contribution in [-0.2, 0) is 21.2 Å². The number of amides is 1. The van der Waals surface area contributed by atoms with Crippen molar-refractivity contribution in [2.75, 3.05) is 16.0 Å². The van der Waals surface area contributed by atoms with Crippen molar-refractivity contribution >= 4 is 39.0 Å². The fourth-order valence-electron chi connectivity index (χ4n) is 4.68. The zero-order valence-corrected chi connectivity index (χ0v) is 21.4.